The second kappa shape index (κ2) is 10.7. The van der Waals surface area contributed by atoms with E-state index in [1.165, 1.54) is 0 Å². The normalized spacial score (nSPS) is 10.9. The molecule has 130 valence electrons. The van der Waals surface area contributed by atoms with Gasteiger partial charge in [-0.25, -0.2) is 4.99 Å². The molecule has 1 aromatic heterocycles. The topological polar surface area (TPSA) is 49.3 Å². The highest BCUT2D eigenvalue weighted by Crippen LogP contribution is 2.21. The number of nitrogens with zero attached hydrogens (tertiary/aromatic N) is 2. The lowest BCUT2D eigenvalue weighted by Crippen LogP contribution is -2.37. The quantitative estimate of drug-likeness (QED) is 0.376. The number of pyridine rings is 1. The smallest absolute Gasteiger partial charge is 0.191 e. The fourth-order valence-corrected chi connectivity index (χ4v) is 2.50. The van der Waals surface area contributed by atoms with Gasteiger partial charge in [-0.15, -0.1) is 24.0 Å². The largest absolute Gasteiger partial charge is 0.357 e. The summed E-state index contributed by atoms with van der Waals surface area (Å²) in [5.74, 6) is 0.724. The minimum absolute atomic E-state index is 0. The molecular formula is C17H21Cl2IN4. The zero-order chi connectivity index (χ0) is 16.7. The summed E-state index contributed by atoms with van der Waals surface area (Å²) in [5.41, 5.74) is 2.90. The lowest BCUT2D eigenvalue weighted by atomic mass is 10.2. The van der Waals surface area contributed by atoms with Crippen molar-refractivity contribution in [3.63, 3.8) is 0 Å². The van der Waals surface area contributed by atoms with Gasteiger partial charge in [0.05, 0.1) is 18.8 Å². The average molecular weight is 479 g/mol. The number of rotatable bonds is 5. The van der Waals surface area contributed by atoms with Crippen molar-refractivity contribution in [2.75, 3.05) is 6.54 Å². The van der Waals surface area contributed by atoms with Crippen LogP contribution in [0.25, 0.3) is 0 Å². The molecule has 0 bridgehead atoms. The van der Waals surface area contributed by atoms with Crippen LogP contribution in [0.1, 0.15) is 23.9 Å². The van der Waals surface area contributed by atoms with E-state index in [9.17, 15) is 0 Å². The predicted molar refractivity (Wildman–Crippen MR) is 113 cm³/mol. The number of benzene rings is 1. The summed E-state index contributed by atoms with van der Waals surface area (Å²) in [4.78, 5) is 9.02. The van der Waals surface area contributed by atoms with E-state index < -0.39 is 0 Å². The number of aryl methyl sites for hydroxylation is 1. The van der Waals surface area contributed by atoms with Gasteiger partial charge in [0.1, 0.15) is 0 Å². The van der Waals surface area contributed by atoms with E-state index >= 15 is 0 Å². The van der Waals surface area contributed by atoms with Crippen molar-refractivity contribution in [2.24, 2.45) is 4.99 Å². The van der Waals surface area contributed by atoms with E-state index in [0.29, 0.717) is 23.1 Å². The molecule has 0 aliphatic heterocycles. The van der Waals surface area contributed by atoms with Gasteiger partial charge >= 0.3 is 0 Å². The third-order valence-corrected chi connectivity index (χ3v) is 3.74. The van der Waals surface area contributed by atoms with Crippen LogP contribution in [0.15, 0.2) is 41.4 Å². The van der Waals surface area contributed by atoms with Crippen molar-refractivity contribution in [2.45, 2.75) is 26.9 Å². The minimum Gasteiger partial charge on any atom is -0.357 e. The van der Waals surface area contributed by atoms with Crippen LogP contribution in [-0.2, 0) is 13.1 Å². The highest BCUT2D eigenvalue weighted by molar-refractivity contribution is 14.0. The Morgan fingerprint density at radius 1 is 1.17 bits per heavy atom. The summed E-state index contributed by atoms with van der Waals surface area (Å²) in [5, 5.41) is 7.73. The van der Waals surface area contributed by atoms with Crippen molar-refractivity contribution < 1.29 is 0 Å². The van der Waals surface area contributed by atoms with Gasteiger partial charge in [0, 0.05) is 22.3 Å². The molecule has 0 unspecified atom stereocenters. The van der Waals surface area contributed by atoms with Crippen molar-refractivity contribution in [3.8, 4) is 0 Å². The second-order valence-corrected chi connectivity index (χ2v) is 5.90. The van der Waals surface area contributed by atoms with Gasteiger partial charge in [0.25, 0.3) is 0 Å². The molecule has 1 aromatic carbocycles. The fourth-order valence-electron chi connectivity index (χ4n) is 2.03. The molecule has 2 N–H and O–H groups in total. The molecule has 1 heterocycles. The predicted octanol–water partition coefficient (Wildman–Crippen LogP) is 4.57. The molecule has 0 amide bonds. The zero-order valence-corrected chi connectivity index (χ0v) is 17.5. The Bertz CT molecular complexity index is 692. The molecular weight excluding hydrogens is 458 g/mol. The average Bonchev–Trinajstić information content (AvgIpc) is 2.51. The Hall–Kier alpha value is -1.05. The van der Waals surface area contributed by atoms with E-state index in [0.717, 1.165) is 29.5 Å². The maximum Gasteiger partial charge on any atom is 0.191 e. The van der Waals surface area contributed by atoms with Gasteiger partial charge in [0.2, 0.25) is 0 Å². The van der Waals surface area contributed by atoms with Gasteiger partial charge in [0.15, 0.2) is 5.96 Å². The summed E-state index contributed by atoms with van der Waals surface area (Å²) in [6.45, 7) is 5.87. The van der Waals surface area contributed by atoms with Crippen LogP contribution in [0.2, 0.25) is 10.0 Å². The Labute approximate surface area is 170 Å². The Balaban J connectivity index is 0.00000288. The number of aliphatic imine (C=N–C) groups is 1. The second-order valence-electron chi connectivity index (χ2n) is 5.05. The summed E-state index contributed by atoms with van der Waals surface area (Å²) in [6.07, 6.45) is 0. The lowest BCUT2D eigenvalue weighted by Gasteiger charge is -2.11. The number of guanidine groups is 1. The van der Waals surface area contributed by atoms with E-state index in [1.54, 1.807) is 6.07 Å². The minimum atomic E-state index is 0. The maximum absolute atomic E-state index is 6.18. The maximum atomic E-state index is 6.18. The van der Waals surface area contributed by atoms with Crippen LogP contribution < -0.4 is 10.6 Å². The number of halogens is 3. The Morgan fingerprint density at radius 2 is 1.96 bits per heavy atom. The number of nitrogens with one attached hydrogen (secondary N) is 2. The van der Waals surface area contributed by atoms with Crippen LogP contribution in [-0.4, -0.2) is 17.5 Å². The molecule has 4 nitrogen and oxygen atoms in total. The van der Waals surface area contributed by atoms with Gasteiger partial charge in [-0.2, -0.15) is 0 Å². The van der Waals surface area contributed by atoms with Crippen molar-refractivity contribution in [3.05, 3.63) is 63.4 Å². The Morgan fingerprint density at radius 3 is 2.62 bits per heavy atom. The standard InChI is InChI=1S/C17H20Cl2N4.HI/c1-3-20-17(22-11-15-6-4-5-12(2)23-15)21-10-13-7-8-14(18)9-16(13)19;/h4-9H,3,10-11H2,1-2H3,(H2,20,21,22);1H. The molecule has 0 saturated heterocycles. The lowest BCUT2D eigenvalue weighted by molar-refractivity contribution is 0.796. The summed E-state index contributed by atoms with van der Waals surface area (Å²) in [7, 11) is 0. The van der Waals surface area contributed by atoms with Gasteiger partial charge in [-0.3, -0.25) is 4.98 Å². The molecule has 0 atom stereocenters. The van der Waals surface area contributed by atoms with Crippen LogP contribution in [0, 0.1) is 6.92 Å². The molecule has 2 aromatic rings. The van der Waals surface area contributed by atoms with E-state index in [4.69, 9.17) is 23.2 Å². The summed E-state index contributed by atoms with van der Waals surface area (Å²) >= 11 is 12.1. The third-order valence-electron chi connectivity index (χ3n) is 3.15. The summed E-state index contributed by atoms with van der Waals surface area (Å²) in [6, 6.07) is 11.4. The monoisotopic (exact) mass is 478 g/mol. The first-order valence-corrected chi connectivity index (χ1v) is 8.22. The van der Waals surface area contributed by atoms with E-state index in [1.807, 2.05) is 44.2 Å². The van der Waals surface area contributed by atoms with Crippen LogP contribution in [0.4, 0.5) is 0 Å². The highest BCUT2D eigenvalue weighted by Gasteiger charge is 2.03. The van der Waals surface area contributed by atoms with Crippen LogP contribution in [0.3, 0.4) is 0 Å². The highest BCUT2D eigenvalue weighted by atomic mass is 127. The molecule has 0 fully saturated rings. The molecule has 0 spiro atoms. The summed E-state index contributed by atoms with van der Waals surface area (Å²) < 4.78 is 0. The SMILES string of the molecule is CCNC(=NCc1ccc(Cl)cc1Cl)NCc1cccc(C)n1.I. The molecule has 0 aliphatic rings. The molecule has 0 radical (unpaired) electrons. The van der Waals surface area contributed by atoms with Gasteiger partial charge in [-0.1, -0.05) is 35.3 Å². The number of hydrogen-bond donors (Lipinski definition) is 2. The van der Waals surface area contributed by atoms with Gasteiger partial charge in [-0.05, 0) is 43.7 Å². The first kappa shape index (κ1) is 21.0. The van der Waals surface area contributed by atoms with Crippen molar-refractivity contribution in [1.82, 2.24) is 15.6 Å². The van der Waals surface area contributed by atoms with Crippen LogP contribution in [0.5, 0.6) is 0 Å². The van der Waals surface area contributed by atoms with E-state index in [-0.39, 0.29) is 24.0 Å². The van der Waals surface area contributed by atoms with Crippen LogP contribution >= 0.6 is 47.2 Å². The van der Waals surface area contributed by atoms with Crippen molar-refractivity contribution in [1.29, 1.82) is 0 Å². The molecule has 24 heavy (non-hydrogen) atoms. The first-order chi connectivity index (χ1) is 11.1. The molecule has 0 aliphatic carbocycles. The Kier molecular flexibility index (Phi) is 9.39. The number of aromatic nitrogens is 1. The molecule has 7 heteroatoms. The van der Waals surface area contributed by atoms with Crippen molar-refractivity contribution >= 4 is 53.1 Å². The van der Waals surface area contributed by atoms with Gasteiger partial charge < -0.3 is 10.6 Å². The first-order valence-electron chi connectivity index (χ1n) is 7.47. The van der Waals surface area contributed by atoms with E-state index in [2.05, 4.69) is 20.6 Å². The number of hydrogen-bond acceptors (Lipinski definition) is 2. The third kappa shape index (κ3) is 6.83. The zero-order valence-electron chi connectivity index (χ0n) is 13.6. The molecule has 2 rings (SSSR count). The fraction of sp³-hybridized carbons (Fsp3) is 0.294. The molecule has 0 saturated carbocycles.